The van der Waals surface area contributed by atoms with Gasteiger partial charge in [-0.15, -0.1) is 0 Å². The maximum atomic E-state index is 12.7. The van der Waals surface area contributed by atoms with Gasteiger partial charge in [-0.3, -0.25) is 0 Å². The summed E-state index contributed by atoms with van der Waals surface area (Å²) in [6.07, 6.45) is 0. The Bertz CT molecular complexity index is 590. The molecule has 0 unspecified atom stereocenters. The molecule has 0 saturated carbocycles. The van der Waals surface area contributed by atoms with Crippen molar-refractivity contribution in [2.75, 3.05) is 0 Å². The molecule has 0 heterocycles. The Labute approximate surface area is 109 Å². The van der Waals surface area contributed by atoms with Crippen molar-refractivity contribution < 1.29 is 9.13 Å². The van der Waals surface area contributed by atoms with Crippen LogP contribution in [0.5, 0.6) is 5.75 Å². The second-order valence-corrected chi connectivity index (χ2v) is 4.10. The summed E-state index contributed by atoms with van der Waals surface area (Å²) < 4.78 is 18.2. The van der Waals surface area contributed by atoms with Gasteiger partial charge in [0.1, 0.15) is 24.2 Å². The van der Waals surface area contributed by atoms with E-state index < -0.39 is 0 Å². The van der Waals surface area contributed by atoms with Crippen molar-refractivity contribution in [2.24, 2.45) is 0 Å². The van der Waals surface area contributed by atoms with Gasteiger partial charge < -0.3 is 4.74 Å². The molecule has 0 aromatic heterocycles. The average Bonchev–Trinajstić information content (AvgIpc) is 2.38. The third-order valence-electron chi connectivity index (χ3n) is 2.37. The minimum absolute atomic E-state index is 0.259. The van der Waals surface area contributed by atoms with Crippen molar-refractivity contribution in [3.05, 3.63) is 64.4 Å². The number of halogens is 2. The molecule has 2 rings (SSSR count). The fourth-order valence-electron chi connectivity index (χ4n) is 1.45. The van der Waals surface area contributed by atoms with Crippen LogP contribution < -0.4 is 4.74 Å². The predicted molar refractivity (Wildman–Crippen MR) is 66.9 cm³/mol. The molecule has 0 atom stereocenters. The van der Waals surface area contributed by atoms with Crippen LogP contribution in [0.3, 0.4) is 0 Å². The minimum Gasteiger partial charge on any atom is -0.487 e. The van der Waals surface area contributed by atoms with E-state index in [1.54, 1.807) is 30.3 Å². The number of benzene rings is 2. The van der Waals surface area contributed by atoms with Gasteiger partial charge in [-0.1, -0.05) is 23.7 Å². The molecule has 4 heteroatoms. The molecule has 0 aliphatic heterocycles. The Morgan fingerprint density at radius 2 is 1.89 bits per heavy atom. The van der Waals surface area contributed by atoms with E-state index in [4.69, 9.17) is 21.6 Å². The van der Waals surface area contributed by atoms with Gasteiger partial charge in [0.15, 0.2) is 0 Å². The summed E-state index contributed by atoms with van der Waals surface area (Å²) in [5, 5.41) is 9.42. The van der Waals surface area contributed by atoms with Crippen LogP contribution in [0.15, 0.2) is 42.5 Å². The van der Waals surface area contributed by atoms with Crippen molar-refractivity contribution in [1.29, 1.82) is 5.26 Å². The fourth-order valence-corrected chi connectivity index (χ4v) is 1.61. The van der Waals surface area contributed by atoms with Crippen molar-refractivity contribution in [3.8, 4) is 11.8 Å². The molecule has 18 heavy (non-hydrogen) atoms. The third kappa shape index (κ3) is 2.99. The van der Waals surface area contributed by atoms with Gasteiger partial charge in [0, 0.05) is 11.1 Å². The van der Waals surface area contributed by atoms with Crippen LogP contribution in [0.25, 0.3) is 0 Å². The third-order valence-corrected chi connectivity index (χ3v) is 2.61. The van der Waals surface area contributed by atoms with E-state index in [1.165, 1.54) is 12.1 Å². The Hall–Kier alpha value is -2.05. The monoisotopic (exact) mass is 261 g/mol. The smallest absolute Gasteiger partial charge is 0.139 e. The van der Waals surface area contributed by atoms with Crippen LogP contribution in [-0.2, 0) is 6.61 Å². The van der Waals surface area contributed by atoms with E-state index in [0.717, 1.165) is 5.56 Å². The molecule has 90 valence electrons. The highest BCUT2D eigenvalue weighted by Crippen LogP contribution is 2.23. The zero-order chi connectivity index (χ0) is 13.0. The van der Waals surface area contributed by atoms with Crippen LogP contribution in [-0.4, -0.2) is 0 Å². The van der Waals surface area contributed by atoms with Gasteiger partial charge in [0.05, 0.1) is 5.56 Å². The molecule has 0 aliphatic rings. The van der Waals surface area contributed by atoms with Crippen molar-refractivity contribution in [1.82, 2.24) is 0 Å². The zero-order valence-electron chi connectivity index (χ0n) is 9.36. The largest absolute Gasteiger partial charge is 0.487 e. The first-order chi connectivity index (χ1) is 8.69. The van der Waals surface area contributed by atoms with E-state index in [0.29, 0.717) is 16.3 Å². The molecule has 0 amide bonds. The standard InChI is InChI=1S/C14H9ClFNO/c15-12-4-3-11(8-17)14(7-12)18-9-10-1-5-13(16)6-2-10/h1-7H,9H2. The highest BCUT2D eigenvalue weighted by Gasteiger charge is 2.04. The topological polar surface area (TPSA) is 33.0 Å². The number of nitriles is 1. The minimum atomic E-state index is -0.292. The van der Waals surface area contributed by atoms with Gasteiger partial charge >= 0.3 is 0 Å². The number of nitrogens with zero attached hydrogens (tertiary/aromatic N) is 1. The van der Waals surface area contributed by atoms with Gasteiger partial charge in [0.2, 0.25) is 0 Å². The molecule has 0 spiro atoms. The van der Waals surface area contributed by atoms with E-state index in [-0.39, 0.29) is 12.4 Å². The molecule has 0 aliphatic carbocycles. The maximum Gasteiger partial charge on any atom is 0.139 e. The highest BCUT2D eigenvalue weighted by molar-refractivity contribution is 6.30. The Kier molecular flexibility index (Phi) is 3.81. The Morgan fingerprint density at radius 1 is 1.17 bits per heavy atom. The normalized spacial score (nSPS) is 9.83. The van der Waals surface area contributed by atoms with Crippen molar-refractivity contribution in [3.63, 3.8) is 0 Å². The first kappa shape index (κ1) is 12.4. The molecule has 2 aromatic rings. The van der Waals surface area contributed by atoms with Crippen molar-refractivity contribution in [2.45, 2.75) is 6.61 Å². The first-order valence-corrected chi connectivity index (χ1v) is 5.64. The van der Waals surface area contributed by atoms with Crippen LogP contribution >= 0.6 is 11.6 Å². The first-order valence-electron chi connectivity index (χ1n) is 5.26. The molecule has 2 aromatic carbocycles. The Balaban J connectivity index is 2.13. The number of hydrogen-bond acceptors (Lipinski definition) is 2. The summed E-state index contributed by atoms with van der Waals surface area (Å²) in [5.74, 6) is 0.133. The quantitative estimate of drug-likeness (QED) is 0.839. The molecule has 0 radical (unpaired) electrons. The summed E-state index contributed by atoms with van der Waals surface area (Å²) in [7, 11) is 0. The van der Waals surface area contributed by atoms with Gasteiger partial charge in [-0.2, -0.15) is 5.26 Å². The Morgan fingerprint density at radius 3 is 2.56 bits per heavy atom. The molecule has 0 N–H and O–H groups in total. The second-order valence-electron chi connectivity index (χ2n) is 3.67. The second kappa shape index (κ2) is 5.52. The van der Waals surface area contributed by atoms with Crippen LogP contribution in [0.4, 0.5) is 4.39 Å². The number of ether oxygens (including phenoxy) is 1. The van der Waals surface area contributed by atoms with Gasteiger partial charge in [-0.05, 0) is 29.8 Å². The van der Waals surface area contributed by atoms with Crippen molar-refractivity contribution >= 4 is 11.6 Å². The predicted octanol–water partition coefficient (Wildman–Crippen LogP) is 3.93. The number of hydrogen-bond donors (Lipinski definition) is 0. The summed E-state index contributed by atoms with van der Waals surface area (Å²) in [6.45, 7) is 0.259. The van der Waals surface area contributed by atoms with E-state index in [9.17, 15) is 4.39 Å². The van der Waals surface area contributed by atoms with Crippen LogP contribution in [0.2, 0.25) is 5.02 Å². The molecular weight excluding hydrogens is 253 g/mol. The molecule has 2 nitrogen and oxygen atoms in total. The van der Waals surface area contributed by atoms with Crippen LogP contribution in [0.1, 0.15) is 11.1 Å². The molecular formula is C14H9ClFNO. The lowest BCUT2D eigenvalue weighted by Crippen LogP contribution is -1.97. The summed E-state index contributed by atoms with van der Waals surface area (Å²) in [5.41, 5.74) is 1.24. The SMILES string of the molecule is N#Cc1ccc(Cl)cc1OCc1ccc(F)cc1. The summed E-state index contributed by atoms with van der Waals surface area (Å²) >= 11 is 5.84. The highest BCUT2D eigenvalue weighted by atomic mass is 35.5. The lowest BCUT2D eigenvalue weighted by Gasteiger charge is -2.08. The van der Waals surface area contributed by atoms with E-state index >= 15 is 0 Å². The fraction of sp³-hybridized carbons (Fsp3) is 0.0714. The van der Waals surface area contributed by atoms with E-state index in [2.05, 4.69) is 0 Å². The van der Waals surface area contributed by atoms with Gasteiger partial charge in [0.25, 0.3) is 0 Å². The number of rotatable bonds is 3. The average molecular weight is 262 g/mol. The molecule has 0 fully saturated rings. The molecule has 0 bridgehead atoms. The van der Waals surface area contributed by atoms with Gasteiger partial charge in [-0.25, -0.2) is 4.39 Å². The van der Waals surface area contributed by atoms with E-state index in [1.807, 2.05) is 6.07 Å². The summed E-state index contributed by atoms with van der Waals surface area (Å²) in [4.78, 5) is 0. The summed E-state index contributed by atoms with van der Waals surface area (Å²) in [6, 6.07) is 12.8. The zero-order valence-corrected chi connectivity index (χ0v) is 10.1. The van der Waals surface area contributed by atoms with Crippen LogP contribution in [0, 0.1) is 17.1 Å². The lowest BCUT2D eigenvalue weighted by atomic mass is 10.2. The lowest BCUT2D eigenvalue weighted by molar-refractivity contribution is 0.305. The molecule has 0 saturated heterocycles. The maximum absolute atomic E-state index is 12.7.